The molecule has 1 aromatic heterocycles. The lowest BCUT2D eigenvalue weighted by Gasteiger charge is -2.11. The summed E-state index contributed by atoms with van der Waals surface area (Å²) in [6.45, 7) is 5.75. The van der Waals surface area contributed by atoms with Crippen molar-refractivity contribution in [1.82, 2.24) is 14.9 Å². The van der Waals surface area contributed by atoms with Gasteiger partial charge in [-0.15, -0.1) is 0 Å². The van der Waals surface area contributed by atoms with E-state index in [9.17, 15) is 4.79 Å². The molecule has 1 amide bonds. The van der Waals surface area contributed by atoms with Gasteiger partial charge in [0.2, 0.25) is 0 Å². The van der Waals surface area contributed by atoms with Crippen molar-refractivity contribution >= 4 is 17.4 Å². The third kappa shape index (κ3) is 6.68. The van der Waals surface area contributed by atoms with Crippen molar-refractivity contribution in [3.8, 4) is 5.75 Å². The van der Waals surface area contributed by atoms with Crippen LogP contribution in [0.25, 0.3) is 0 Å². The number of nitrogens with one attached hydrogen (secondary N) is 2. The van der Waals surface area contributed by atoms with Crippen molar-refractivity contribution in [2.24, 2.45) is 0 Å². The van der Waals surface area contributed by atoms with E-state index >= 15 is 0 Å². The fourth-order valence-corrected chi connectivity index (χ4v) is 2.23. The molecule has 0 fully saturated rings. The molecule has 0 radical (unpaired) electrons. The lowest BCUT2D eigenvalue weighted by atomic mass is 10.3. The Kier molecular flexibility index (Phi) is 7.35. The van der Waals surface area contributed by atoms with Gasteiger partial charge in [0.25, 0.3) is 5.91 Å². The van der Waals surface area contributed by atoms with Crippen LogP contribution in [-0.4, -0.2) is 54.1 Å². The van der Waals surface area contributed by atoms with Crippen LogP contribution >= 0.6 is 0 Å². The molecule has 0 saturated heterocycles. The van der Waals surface area contributed by atoms with Gasteiger partial charge in [-0.05, 0) is 65.2 Å². The van der Waals surface area contributed by atoms with Gasteiger partial charge < -0.3 is 20.3 Å². The lowest BCUT2D eigenvalue weighted by Crippen LogP contribution is -2.17. The van der Waals surface area contributed by atoms with Crippen LogP contribution in [0.15, 0.2) is 36.7 Å². The molecule has 2 rings (SSSR count). The van der Waals surface area contributed by atoms with Gasteiger partial charge in [0.1, 0.15) is 17.3 Å². The summed E-state index contributed by atoms with van der Waals surface area (Å²) < 4.78 is 5.58. The summed E-state index contributed by atoms with van der Waals surface area (Å²) in [5.41, 5.74) is 0.949. The molecule has 0 aliphatic carbocycles. The molecule has 2 N–H and O–H groups in total. The minimum absolute atomic E-state index is 0.112. The molecule has 0 aliphatic heterocycles. The molecule has 1 heterocycles. The average Bonchev–Trinajstić information content (AvgIpc) is 2.60. The number of hydrogen-bond donors (Lipinski definition) is 2. The third-order valence-corrected chi connectivity index (χ3v) is 3.46. The van der Waals surface area contributed by atoms with E-state index in [1.807, 2.05) is 40.1 Å². The molecule has 0 saturated carbocycles. The standard InChI is InChI=1S/C19H27N5O2/c1-14(2)26-16-8-6-15(7-9-16)23-19(25)17-12-22-18(13-21-17)20-10-5-11-24(3)4/h6-9,12-14H,5,10-11H2,1-4H3,(H,20,22)(H,23,25). The second-order valence-corrected chi connectivity index (χ2v) is 6.52. The molecule has 0 atom stereocenters. The third-order valence-electron chi connectivity index (χ3n) is 3.46. The smallest absolute Gasteiger partial charge is 0.275 e. The summed E-state index contributed by atoms with van der Waals surface area (Å²) in [5.74, 6) is 1.13. The summed E-state index contributed by atoms with van der Waals surface area (Å²) in [6, 6.07) is 7.23. The zero-order valence-corrected chi connectivity index (χ0v) is 15.8. The predicted octanol–water partition coefficient (Wildman–Crippen LogP) is 2.88. The van der Waals surface area contributed by atoms with Gasteiger partial charge in [-0.1, -0.05) is 0 Å². The predicted molar refractivity (Wildman–Crippen MR) is 104 cm³/mol. The summed E-state index contributed by atoms with van der Waals surface area (Å²) in [7, 11) is 4.08. The number of ether oxygens (including phenoxy) is 1. The topological polar surface area (TPSA) is 79.4 Å². The maximum atomic E-state index is 12.3. The molecular formula is C19H27N5O2. The number of carbonyl (C=O) groups is 1. The Balaban J connectivity index is 1.85. The van der Waals surface area contributed by atoms with Crippen molar-refractivity contribution in [1.29, 1.82) is 0 Å². The van der Waals surface area contributed by atoms with E-state index in [-0.39, 0.29) is 17.7 Å². The SMILES string of the molecule is CC(C)Oc1ccc(NC(=O)c2cnc(NCCCN(C)C)cn2)cc1. The van der Waals surface area contributed by atoms with Gasteiger partial charge in [-0.3, -0.25) is 4.79 Å². The van der Waals surface area contributed by atoms with Crippen LogP contribution in [-0.2, 0) is 0 Å². The van der Waals surface area contributed by atoms with Gasteiger partial charge in [0.05, 0.1) is 18.5 Å². The van der Waals surface area contributed by atoms with Gasteiger partial charge in [-0.25, -0.2) is 9.97 Å². The summed E-state index contributed by atoms with van der Waals surface area (Å²) >= 11 is 0. The number of aromatic nitrogens is 2. The average molecular weight is 357 g/mol. The van der Waals surface area contributed by atoms with E-state index in [0.29, 0.717) is 11.5 Å². The molecule has 140 valence electrons. The number of nitrogens with zero attached hydrogens (tertiary/aromatic N) is 3. The van der Waals surface area contributed by atoms with Crippen LogP contribution in [0.3, 0.4) is 0 Å². The second-order valence-electron chi connectivity index (χ2n) is 6.52. The fourth-order valence-electron chi connectivity index (χ4n) is 2.23. The maximum Gasteiger partial charge on any atom is 0.275 e. The highest BCUT2D eigenvalue weighted by Gasteiger charge is 2.09. The molecule has 7 heteroatoms. The quantitative estimate of drug-likeness (QED) is 0.672. The highest BCUT2D eigenvalue weighted by Crippen LogP contribution is 2.17. The monoisotopic (exact) mass is 357 g/mol. The Morgan fingerprint density at radius 3 is 2.46 bits per heavy atom. The van der Waals surface area contributed by atoms with Crippen LogP contribution in [0.4, 0.5) is 11.5 Å². The molecule has 2 aromatic rings. The molecule has 0 aliphatic rings. The number of rotatable bonds is 9. The van der Waals surface area contributed by atoms with Crippen LogP contribution in [0.5, 0.6) is 5.75 Å². The first-order valence-electron chi connectivity index (χ1n) is 8.73. The first-order valence-corrected chi connectivity index (χ1v) is 8.73. The molecule has 1 aromatic carbocycles. The molecule has 0 spiro atoms. The van der Waals surface area contributed by atoms with Crippen molar-refractivity contribution in [2.75, 3.05) is 37.8 Å². The van der Waals surface area contributed by atoms with Crippen molar-refractivity contribution < 1.29 is 9.53 Å². The van der Waals surface area contributed by atoms with Gasteiger partial charge in [0.15, 0.2) is 0 Å². The summed E-state index contributed by atoms with van der Waals surface area (Å²) in [5, 5.41) is 5.99. The maximum absolute atomic E-state index is 12.3. The summed E-state index contributed by atoms with van der Waals surface area (Å²) in [4.78, 5) is 22.8. The number of anilines is 2. The molecule has 0 bridgehead atoms. The zero-order chi connectivity index (χ0) is 18.9. The van der Waals surface area contributed by atoms with Crippen molar-refractivity contribution in [3.63, 3.8) is 0 Å². The highest BCUT2D eigenvalue weighted by molar-refractivity contribution is 6.02. The van der Waals surface area contributed by atoms with E-state index < -0.39 is 0 Å². The number of carbonyl (C=O) groups excluding carboxylic acids is 1. The van der Waals surface area contributed by atoms with Gasteiger partial charge in [-0.2, -0.15) is 0 Å². The Morgan fingerprint density at radius 2 is 1.88 bits per heavy atom. The normalized spacial score (nSPS) is 10.8. The van der Waals surface area contributed by atoms with Crippen LogP contribution in [0, 0.1) is 0 Å². The van der Waals surface area contributed by atoms with Crippen LogP contribution in [0.2, 0.25) is 0 Å². The Hall–Kier alpha value is -2.67. The summed E-state index contributed by atoms with van der Waals surface area (Å²) in [6.07, 6.45) is 4.16. The van der Waals surface area contributed by atoms with E-state index in [1.165, 1.54) is 6.20 Å². The minimum Gasteiger partial charge on any atom is -0.491 e. The Morgan fingerprint density at radius 1 is 1.15 bits per heavy atom. The molecule has 26 heavy (non-hydrogen) atoms. The number of benzene rings is 1. The first kappa shape index (κ1) is 19.7. The largest absolute Gasteiger partial charge is 0.491 e. The minimum atomic E-state index is -0.297. The Labute approximate surface area is 154 Å². The van der Waals surface area contributed by atoms with Gasteiger partial charge in [0, 0.05) is 12.2 Å². The van der Waals surface area contributed by atoms with Crippen LogP contribution in [0.1, 0.15) is 30.8 Å². The lowest BCUT2D eigenvalue weighted by molar-refractivity contribution is 0.102. The zero-order valence-electron chi connectivity index (χ0n) is 15.8. The second kappa shape index (κ2) is 9.72. The van der Waals surface area contributed by atoms with E-state index in [4.69, 9.17) is 4.74 Å². The van der Waals surface area contributed by atoms with Gasteiger partial charge >= 0.3 is 0 Å². The van der Waals surface area contributed by atoms with E-state index in [0.717, 1.165) is 25.3 Å². The first-order chi connectivity index (χ1) is 12.4. The van der Waals surface area contributed by atoms with Crippen molar-refractivity contribution in [3.05, 3.63) is 42.4 Å². The van der Waals surface area contributed by atoms with E-state index in [2.05, 4.69) is 25.5 Å². The Bertz CT molecular complexity index is 684. The van der Waals surface area contributed by atoms with E-state index in [1.54, 1.807) is 18.3 Å². The fraction of sp³-hybridized carbons (Fsp3) is 0.421. The molecular weight excluding hydrogens is 330 g/mol. The highest BCUT2D eigenvalue weighted by atomic mass is 16.5. The number of amides is 1. The molecule has 7 nitrogen and oxygen atoms in total. The van der Waals surface area contributed by atoms with Crippen molar-refractivity contribution in [2.45, 2.75) is 26.4 Å². The van der Waals surface area contributed by atoms with Crippen LogP contribution < -0.4 is 15.4 Å². The molecule has 0 unspecified atom stereocenters. The number of hydrogen-bond acceptors (Lipinski definition) is 6.